The fourth-order valence-corrected chi connectivity index (χ4v) is 2.74. The number of halogens is 2. The van der Waals surface area contributed by atoms with Gasteiger partial charge in [0.1, 0.15) is 0 Å². The van der Waals surface area contributed by atoms with Gasteiger partial charge in [0.05, 0.1) is 6.04 Å². The van der Waals surface area contributed by atoms with Gasteiger partial charge in [-0.2, -0.15) is 0 Å². The van der Waals surface area contributed by atoms with Crippen LogP contribution in [-0.4, -0.2) is 11.9 Å². The van der Waals surface area contributed by atoms with Crippen LogP contribution in [-0.2, 0) is 4.79 Å². The standard InChI is InChI=1S/C17H18Cl2N2O/c1-11(15-9-8-13(18)10-16(15)19)20-12(2)17(22)21-14-6-4-3-5-7-14/h3-12,20H,1-2H3,(H,21,22)/t11-,12+/m0/s1. The Kier molecular flexibility index (Phi) is 5.83. The predicted octanol–water partition coefficient (Wildman–Crippen LogP) is 4.67. The Labute approximate surface area is 140 Å². The number of hydrogen-bond acceptors (Lipinski definition) is 2. The van der Waals surface area contributed by atoms with Gasteiger partial charge in [0.15, 0.2) is 0 Å². The Morgan fingerprint density at radius 2 is 1.73 bits per heavy atom. The van der Waals surface area contributed by atoms with Crippen LogP contribution in [0, 0.1) is 0 Å². The van der Waals surface area contributed by atoms with Gasteiger partial charge in [-0.25, -0.2) is 0 Å². The van der Waals surface area contributed by atoms with Crippen LogP contribution in [0.25, 0.3) is 0 Å². The van der Waals surface area contributed by atoms with Gasteiger partial charge in [0, 0.05) is 21.8 Å². The molecule has 2 N–H and O–H groups in total. The molecular formula is C17H18Cl2N2O. The van der Waals surface area contributed by atoms with Crippen molar-refractivity contribution in [1.82, 2.24) is 5.32 Å². The predicted molar refractivity (Wildman–Crippen MR) is 92.5 cm³/mol. The van der Waals surface area contributed by atoms with Crippen LogP contribution in [0.5, 0.6) is 0 Å². The molecule has 0 aliphatic carbocycles. The normalized spacial score (nSPS) is 13.5. The van der Waals surface area contributed by atoms with Gasteiger partial charge in [-0.3, -0.25) is 10.1 Å². The van der Waals surface area contributed by atoms with Crippen LogP contribution < -0.4 is 10.6 Å². The zero-order chi connectivity index (χ0) is 16.1. The number of carbonyl (C=O) groups is 1. The molecule has 0 aliphatic rings. The molecule has 0 heterocycles. The number of anilines is 1. The first-order valence-electron chi connectivity index (χ1n) is 7.04. The largest absolute Gasteiger partial charge is 0.325 e. The Morgan fingerprint density at radius 1 is 1.05 bits per heavy atom. The molecule has 0 unspecified atom stereocenters. The van der Waals surface area contributed by atoms with Gasteiger partial charge >= 0.3 is 0 Å². The number of para-hydroxylation sites is 1. The van der Waals surface area contributed by atoms with E-state index in [1.165, 1.54) is 0 Å². The summed E-state index contributed by atoms with van der Waals surface area (Å²) >= 11 is 12.1. The number of hydrogen-bond donors (Lipinski definition) is 2. The lowest BCUT2D eigenvalue weighted by molar-refractivity contribution is -0.117. The summed E-state index contributed by atoms with van der Waals surface area (Å²) in [6.07, 6.45) is 0. The molecule has 0 saturated heterocycles. The van der Waals surface area contributed by atoms with E-state index in [1.807, 2.05) is 50.2 Å². The van der Waals surface area contributed by atoms with E-state index in [9.17, 15) is 4.79 Å². The summed E-state index contributed by atoms with van der Waals surface area (Å²) in [4.78, 5) is 12.2. The summed E-state index contributed by atoms with van der Waals surface area (Å²) in [5.41, 5.74) is 1.68. The minimum absolute atomic E-state index is 0.0682. The summed E-state index contributed by atoms with van der Waals surface area (Å²) in [7, 11) is 0. The van der Waals surface area contributed by atoms with Crippen molar-refractivity contribution in [1.29, 1.82) is 0 Å². The highest BCUT2D eigenvalue weighted by atomic mass is 35.5. The maximum Gasteiger partial charge on any atom is 0.241 e. The Bertz CT molecular complexity index is 646. The summed E-state index contributed by atoms with van der Waals surface area (Å²) in [5, 5.41) is 7.28. The van der Waals surface area contributed by atoms with Crippen LogP contribution in [0.1, 0.15) is 25.5 Å². The van der Waals surface area contributed by atoms with E-state index in [0.717, 1.165) is 11.3 Å². The van der Waals surface area contributed by atoms with E-state index in [1.54, 1.807) is 12.1 Å². The molecule has 0 radical (unpaired) electrons. The van der Waals surface area contributed by atoms with Gasteiger partial charge in [-0.05, 0) is 43.7 Å². The number of rotatable bonds is 5. The first-order valence-corrected chi connectivity index (χ1v) is 7.80. The number of carbonyl (C=O) groups excluding carboxylic acids is 1. The topological polar surface area (TPSA) is 41.1 Å². The molecule has 2 rings (SSSR count). The first-order chi connectivity index (χ1) is 10.5. The summed E-state index contributed by atoms with van der Waals surface area (Å²) in [6, 6.07) is 14.3. The van der Waals surface area contributed by atoms with Crippen LogP contribution in [0.4, 0.5) is 5.69 Å². The maximum atomic E-state index is 12.2. The fourth-order valence-electron chi connectivity index (χ4n) is 2.17. The smallest absolute Gasteiger partial charge is 0.241 e. The maximum absolute atomic E-state index is 12.2. The SMILES string of the molecule is C[C@H](N[C@H](C)C(=O)Nc1ccccc1)c1ccc(Cl)cc1Cl. The van der Waals surface area contributed by atoms with E-state index in [-0.39, 0.29) is 18.0 Å². The van der Waals surface area contributed by atoms with E-state index in [2.05, 4.69) is 10.6 Å². The summed E-state index contributed by atoms with van der Waals surface area (Å²) in [6.45, 7) is 3.78. The molecule has 0 aliphatic heterocycles. The Morgan fingerprint density at radius 3 is 2.36 bits per heavy atom. The number of benzene rings is 2. The average Bonchev–Trinajstić information content (AvgIpc) is 2.47. The lowest BCUT2D eigenvalue weighted by Crippen LogP contribution is -2.39. The molecule has 2 aromatic rings. The van der Waals surface area contributed by atoms with Crippen molar-refractivity contribution in [2.24, 2.45) is 0 Å². The van der Waals surface area contributed by atoms with Crippen molar-refractivity contribution in [3.05, 3.63) is 64.1 Å². The van der Waals surface area contributed by atoms with Crippen LogP contribution in [0.15, 0.2) is 48.5 Å². The Balaban J connectivity index is 1.98. The second-order valence-electron chi connectivity index (χ2n) is 5.13. The van der Waals surface area contributed by atoms with Gasteiger partial charge < -0.3 is 5.32 Å². The molecule has 2 aromatic carbocycles. The van der Waals surface area contributed by atoms with Crippen molar-refractivity contribution in [3.8, 4) is 0 Å². The third-order valence-electron chi connectivity index (χ3n) is 3.36. The molecule has 0 spiro atoms. The Hall–Kier alpha value is -1.55. The number of amides is 1. The average molecular weight is 337 g/mol. The molecule has 0 bridgehead atoms. The minimum Gasteiger partial charge on any atom is -0.325 e. The molecule has 3 nitrogen and oxygen atoms in total. The molecule has 0 fully saturated rings. The van der Waals surface area contributed by atoms with E-state index in [4.69, 9.17) is 23.2 Å². The second kappa shape index (κ2) is 7.63. The minimum atomic E-state index is -0.359. The van der Waals surface area contributed by atoms with E-state index in [0.29, 0.717) is 10.0 Å². The molecule has 5 heteroatoms. The lowest BCUT2D eigenvalue weighted by Gasteiger charge is -2.21. The zero-order valence-corrected chi connectivity index (χ0v) is 13.9. The van der Waals surface area contributed by atoms with Crippen molar-refractivity contribution in [2.75, 3.05) is 5.32 Å². The zero-order valence-electron chi connectivity index (χ0n) is 12.4. The highest BCUT2D eigenvalue weighted by molar-refractivity contribution is 6.35. The third kappa shape index (κ3) is 4.47. The molecule has 116 valence electrons. The quantitative estimate of drug-likeness (QED) is 0.832. The molecular weight excluding hydrogens is 319 g/mol. The van der Waals surface area contributed by atoms with Crippen LogP contribution in [0.2, 0.25) is 10.0 Å². The third-order valence-corrected chi connectivity index (χ3v) is 3.93. The molecule has 0 aromatic heterocycles. The first kappa shape index (κ1) is 16.8. The van der Waals surface area contributed by atoms with E-state index < -0.39 is 0 Å². The summed E-state index contributed by atoms with van der Waals surface area (Å²) in [5.74, 6) is -0.0943. The van der Waals surface area contributed by atoms with Crippen molar-refractivity contribution in [3.63, 3.8) is 0 Å². The summed E-state index contributed by atoms with van der Waals surface area (Å²) < 4.78 is 0. The van der Waals surface area contributed by atoms with Gasteiger partial charge in [0.25, 0.3) is 0 Å². The molecule has 1 amide bonds. The lowest BCUT2D eigenvalue weighted by atomic mass is 10.1. The van der Waals surface area contributed by atoms with Gasteiger partial charge in [0.2, 0.25) is 5.91 Å². The van der Waals surface area contributed by atoms with Crippen LogP contribution >= 0.6 is 23.2 Å². The van der Waals surface area contributed by atoms with Crippen molar-refractivity contribution >= 4 is 34.8 Å². The van der Waals surface area contributed by atoms with E-state index >= 15 is 0 Å². The van der Waals surface area contributed by atoms with Crippen molar-refractivity contribution in [2.45, 2.75) is 25.9 Å². The number of nitrogens with one attached hydrogen (secondary N) is 2. The molecule has 2 atom stereocenters. The molecule has 0 saturated carbocycles. The molecule has 22 heavy (non-hydrogen) atoms. The van der Waals surface area contributed by atoms with Gasteiger partial charge in [-0.15, -0.1) is 0 Å². The highest BCUT2D eigenvalue weighted by Gasteiger charge is 2.18. The van der Waals surface area contributed by atoms with Crippen molar-refractivity contribution < 1.29 is 4.79 Å². The van der Waals surface area contributed by atoms with Crippen LogP contribution in [0.3, 0.4) is 0 Å². The second-order valence-corrected chi connectivity index (χ2v) is 5.97. The monoisotopic (exact) mass is 336 g/mol. The highest BCUT2D eigenvalue weighted by Crippen LogP contribution is 2.26. The van der Waals surface area contributed by atoms with Gasteiger partial charge in [-0.1, -0.05) is 47.5 Å². The fraction of sp³-hybridized carbons (Fsp3) is 0.235.